The van der Waals surface area contributed by atoms with Gasteiger partial charge in [0.25, 0.3) is 0 Å². The van der Waals surface area contributed by atoms with Crippen LogP contribution in [0.25, 0.3) is 0 Å². The van der Waals surface area contributed by atoms with E-state index in [1.54, 1.807) is 0 Å². The molecule has 13 heavy (non-hydrogen) atoms. The fraction of sp³-hybridized carbons (Fsp3) is 0.143. The van der Waals surface area contributed by atoms with Crippen molar-refractivity contribution in [2.75, 3.05) is 6.26 Å². The third kappa shape index (κ3) is 2.16. The number of halogens is 3. The molecular formula is C7H5ClF2O2S. The topological polar surface area (TPSA) is 34.1 Å². The van der Waals surface area contributed by atoms with Crippen LogP contribution >= 0.6 is 11.6 Å². The van der Waals surface area contributed by atoms with Gasteiger partial charge in [-0.25, -0.2) is 17.2 Å². The van der Waals surface area contributed by atoms with Crippen molar-refractivity contribution in [1.29, 1.82) is 0 Å². The van der Waals surface area contributed by atoms with Crippen LogP contribution in [0.5, 0.6) is 0 Å². The van der Waals surface area contributed by atoms with Gasteiger partial charge in [-0.05, 0) is 12.1 Å². The van der Waals surface area contributed by atoms with E-state index in [2.05, 4.69) is 0 Å². The maximum Gasteiger partial charge on any atom is 0.181 e. The first-order chi connectivity index (χ1) is 5.82. The van der Waals surface area contributed by atoms with Crippen molar-refractivity contribution >= 4 is 21.4 Å². The van der Waals surface area contributed by atoms with Crippen molar-refractivity contribution in [3.05, 3.63) is 28.8 Å². The van der Waals surface area contributed by atoms with E-state index in [4.69, 9.17) is 11.6 Å². The predicted octanol–water partition coefficient (Wildman–Crippen LogP) is 2.02. The molecule has 1 rings (SSSR count). The Morgan fingerprint density at radius 2 is 1.62 bits per heavy atom. The Morgan fingerprint density at radius 3 is 1.92 bits per heavy atom. The van der Waals surface area contributed by atoms with E-state index in [0.29, 0.717) is 0 Å². The molecule has 1 aromatic carbocycles. The first kappa shape index (κ1) is 10.4. The third-order valence-electron chi connectivity index (χ3n) is 1.33. The Labute approximate surface area is 79.1 Å². The third-order valence-corrected chi connectivity index (χ3v) is 2.68. The van der Waals surface area contributed by atoms with E-state index >= 15 is 0 Å². The Bertz CT molecular complexity index is 419. The lowest BCUT2D eigenvalue weighted by Crippen LogP contribution is -2.04. The average molecular weight is 227 g/mol. The van der Waals surface area contributed by atoms with Crippen LogP contribution in [-0.2, 0) is 9.84 Å². The summed E-state index contributed by atoms with van der Waals surface area (Å²) in [5.41, 5.74) is 0. The molecule has 0 spiro atoms. The van der Waals surface area contributed by atoms with Gasteiger partial charge in [0.1, 0.15) is 16.5 Å². The van der Waals surface area contributed by atoms with Crippen LogP contribution < -0.4 is 0 Å². The van der Waals surface area contributed by atoms with Crippen molar-refractivity contribution in [3.63, 3.8) is 0 Å². The molecule has 0 amide bonds. The monoisotopic (exact) mass is 226 g/mol. The second-order valence-corrected chi connectivity index (χ2v) is 4.86. The van der Waals surface area contributed by atoms with Gasteiger partial charge in [0.05, 0.1) is 0 Å². The largest absolute Gasteiger partial charge is 0.224 e. The molecular weight excluding hydrogens is 222 g/mol. The quantitative estimate of drug-likeness (QED) is 0.734. The van der Waals surface area contributed by atoms with Gasteiger partial charge in [-0.1, -0.05) is 11.6 Å². The van der Waals surface area contributed by atoms with Crippen LogP contribution in [0.2, 0.25) is 5.02 Å². The highest BCUT2D eigenvalue weighted by Gasteiger charge is 2.19. The molecule has 0 radical (unpaired) electrons. The number of hydrogen-bond acceptors (Lipinski definition) is 2. The maximum atomic E-state index is 12.9. The Kier molecular flexibility index (Phi) is 2.58. The molecule has 0 aromatic heterocycles. The summed E-state index contributed by atoms with van der Waals surface area (Å²) in [6, 6.07) is 1.50. The summed E-state index contributed by atoms with van der Waals surface area (Å²) in [5, 5.41) is -0.178. The van der Waals surface area contributed by atoms with E-state index in [1.165, 1.54) is 0 Å². The lowest BCUT2D eigenvalue weighted by atomic mass is 10.3. The Balaban J connectivity index is 3.57. The summed E-state index contributed by atoms with van der Waals surface area (Å²) in [7, 11) is -3.89. The maximum absolute atomic E-state index is 12.9. The molecule has 0 fully saturated rings. The highest BCUT2D eigenvalue weighted by molar-refractivity contribution is 7.90. The zero-order valence-corrected chi connectivity index (χ0v) is 8.09. The molecule has 1 aromatic rings. The first-order valence-corrected chi connectivity index (χ1v) is 5.44. The van der Waals surface area contributed by atoms with Crippen LogP contribution in [0.3, 0.4) is 0 Å². The zero-order valence-electron chi connectivity index (χ0n) is 6.51. The van der Waals surface area contributed by atoms with E-state index in [1.807, 2.05) is 0 Å². The van der Waals surface area contributed by atoms with Crippen LogP contribution in [0, 0.1) is 11.6 Å². The van der Waals surface area contributed by atoms with Gasteiger partial charge in [0.2, 0.25) is 0 Å². The zero-order chi connectivity index (χ0) is 10.2. The van der Waals surface area contributed by atoms with Crippen molar-refractivity contribution in [2.45, 2.75) is 4.90 Å². The van der Waals surface area contributed by atoms with Gasteiger partial charge in [0.15, 0.2) is 9.84 Å². The van der Waals surface area contributed by atoms with Gasteiger partial charge < -0.3 is 0 Å². The molecule has 0 bridgehead atoms. The van der Waals surface area contributed by atoms with Crippen LogP contribution in [0.4, 0.5) is 8.78 Å². The molecule has 0 aliphatic rings. The highest BCUT2D eigenvalue weighted by Crippen LogP contribution is 2.22. The standard InChI is InChI=1S/C7H5ClF2O2S/c1-13(11,12)7-5(9)2-4(8)3-6(7)10/h2-3H,1H3. The fourth-order valence-electron chi connectivity index (χ4n) is 0.883. The highest BCUT2D eigenvalue weighted by atomic mass is 35.5. The number of rotatable bonds is 1. The molecule has 72 valence electrons. The van der Waals surface area contributed by atoms with Crippen molar-refractivity contribution in [2.24, 2.45) is 0 Å². The number of hydrogen-bond donors (Lipinski definition) is 0. The Hall–Kier alpha value is -0.680. The summed E-state index contributed by atoms with van der Waals surface area (Å²) in [6.45, 7) is 0. The van der Waals surface area contributed by atoms with E-state index in [9.17, 15) is 17.2 Å². The lowest BCUT2D eigenvalue weighted by molar-refractivity contribution is 0.521. The molecule has 0 N–H and O–H groups in total. The molecule has 0 aliphatic heterocycles. The molecule has 0 saturated heterocycles. The van der Waals surface area contributed by atoms with E-state index in [0.717, 1.165) is 18.4 Å². The van der Waals surface area contributed by atoms with Gasteiger partial charge in [-0.3, -0.25) is 0 Å². The van der Waals surface area contributed by atoms with Crippen molar-refractivity contribution < 1.29 is 17.2 Å². The van der Waals surface area contributed by atoms with Crippen molar-refractivity contribution in [3.8, 4) is 0 Å². The second kappa shape index (κ2) is 3.23. The summed E-state index contributed by atoms with van der Waals surface area (Å²) in [5.74, 6) is -2.35. The molecule has 0 aliphatic carbocycles. The summed E-state index contributed by atoms with van der Waals surface area (Å²) in [6.07, 6.45) is 0.725. The predicted molar refractivity (Wildman–Crippen MR) is 44.5 cm³/mol. The normalized spacial score (nSPS) is 11.7. The summed E-state index contributed by atoms with van der Waals surface area (Å²) >= 11 is 5.30. The SMILES string of the molecule is CS(=O)(=O)c1c(F)cc(Cl)cc1F. The Morgan fingerprint density at radius 1 is 1.23 bits per heavy atom. The van der Waals surface area contributed by atoms with Gasteiger partial charge in [0, 0.05) is 11.3 Å². The molecule has 2 nitrogen and oxygen atoms in total. The van der Waals surface area contributed by atoms with E-state index < -0.39 is 26.4 Å². The van der Waals surface area contributed by atoms with Gasteiger partial charge in [-0.15, -0.1) is 0 Å². The molecule has 0 saturated carbocycles. The lowest BCUT2D eigenvalue weighted by Gasteiger charge is -2.02. The average Bonchev–Trinajstić information content (AvgIpc) is 1.78. The number of sulfone groups is 1. The minimum atomic E-state index is -3.89. The molecule has 0 heterocycles. The van der Waals surface area contributed by atoms with Crippen LogP contribution in [0.1, 0.15) is 0 Å². The fourth-order valence-corrected chi connectivity index (χ4v) is 1.90. The summed E-state index contributed by atoms with van der Waals surface area (Å²) in [4.78, 5) is -0.947. The van der Waals surface area contributed by atoms with Crippen molar-refractivity contribution in [1.82, 2.24) is 0 Å². The minimum absolute atomic E-state index is 0.178. The van der Waals surface area contributed by atoms with Gasteiger partial charge >= 0.3 is 0 Å². The molecule has 6 heteroatoms. The smallest absolute Gasteiger partial charge is 0.181 e. The number of benzene rings is 1. The van der Waals surface area contributed by atoms with E-state index in [-0.39, 0.29) is 5.02 Å². The van der Waals surface area contributed by atoms with Crippen LogP contribution in [-0.4, -0.2) is 14.7 Å². The summed E-state index contributed by atoms with van der Waals surface area (Å²) < 4.78 is 47.5. The minimum Gasteiger partial charge on any atom is -0.224 e. The molecule has 0 atom stereocenters. The second-order valence-electron chi connectivity index (χ2n) is 2.47. The first-order valence-electron chi connectivity index (χ1n) is 3.17. The molecule has 0 unspecified atom stereocenters. The van der Waals surface area contributed by atoms with Crippen LogP contribution in [0.15, 0.2) is 17.0 Å². The van der Waals surface area contributed by atoms with Gasteiger partial charge in [-0.2, -0.15) is 0 Å².